The van der Waals surface area contributed by atoms with Gasteiger partial charge in [-0.3, -0.25) is 4.79 Å². The minimum Gasteiger partial charge on any atom is -0.493 e. The summed E-state index contributed by atoms with van der Waals surface area (Å²) in [5.74, 6) is -1.32. The molecule has 144 valence electrons. The SMILES string of the molecule is COc1cc(/C(C)=N/NC(=O)C(F)(F)F)ccc1OCc1ccc(Cl)cc1. The van der Waals surface area contributed by atoms with Gasteiger partial charge in [-0.05, 0) is 42.8 Å². The van der Waals surface area contributed by atoms with Crippen LogP contribution in [0.25, 0.3) is 0 Å². The summed E-state index contributed by atoms with van der Waals surface area (Å²) in [6, 6.07) is 11.9. The van der Waals surface area contributed by atoms with E-state index in [4.69, 9.17) is 21.1 Å². The summed E-state index contributed by atoms with van der Waals surface area (Å²) in [6.07, 6.45) is -5.00. The number of hydrazone groups is 1. The topological polar surface area (TPSA) is 59.9 Å². The lowest BCUT2D eigenvalue weighted by Gasteiger charge is -2.12. The maximum atomic E-state index is 12.2. The molecule has 2 aromatic carbocycles. The smallest absolute Gasteiger partial charge is 0.473 e. The standard InChI is InChI=1S/C18H16ClF3N2O3/c1-11(23-24-17(25)18(20,21)22)13-5-8-15(16(9-13)26-2)27-10-12-3-6-14(19)7-4-12/h3-9H,10H2,1-2H3,(H,24,25)/b23-11+. The molecule has 0 aromatic heterocycles. The van der Waals surface area contributed by atoms with E-state index in [-0.39, 0.29) is 12.3 Å². The number of hydrogen-bond donors (Lipinski definition) is 1. The molecule has 9 heteroatoms. The first kappa shape index (κ1) is 20.6. The van der Waals surface area contributed by atoms with E-state index in [2.05, 4.69) is 5.10 Å². The number of rotatable bonds is 6. The number of nitrogens with zero attached hydrogens (tertiary/aromatic N) is 1. The highest BCUT2D eigenvalue weighted by Gasteiger charge is 2.38. The van der Waals surface area contributed by atoms with Crippen molar-refractivity contribution in [3.05, 3.63) is 58.6 Å². The highest BCUT2D eigenvalue weighted by molar-refractivity contribution is 6.30. The van der Waals surface area contributed by atoms with Gasteiger partial charge in [0.15, 0.2) is 11.5 Å². The Bertz CT molecular complexity index is 837. The molecule has 0 bridgehead atoms. The number of alkyl halides is 3. The number of halogens is 4. The van der Waals surface area contributed by atoms with E-state index >= 15 is 0 Å². The molecule has 0 saturated heterocycles. The second-order valence-electron chi connectivity index (χ2n) is 5.42. The largest absolute Gasteiger partial charge is 0.493 e. The highest BCUT2D eigenvalue weighted by Crippen LogP contribution is 2.29. The minimum absolute atomic E-state index is 0.176. The number of benzene rings is 2. The van der Waals surface area contributed by atoms with Crippen molar-refractivity contribution in [2.75, 3.05) is 7.11 Å². The third kappa shape index (κ3) is 5.89. The van der Waals surface area contributed by atoms with Crippen molar-refractivity contribution in [3.8, 4) is 11.5 Å². The fourth-order valence-corrected chi connectivity index (χ4v) is 2.14. The molecule has 0 radical (unpaired) electrons. The van der Waals surface area contributed by atoms with Gasteiger partial charge in [0.2, 0.25) is 0 Å². The van der Waals surface area contributed by atoms with Gasteiger partial charge in [0.1, 0.15) is 6.61 Å². The number of methoxy groups -OCH3 is 1. The molecule has 1 N–H and O–H groups in total. The van der Waals surface area contributed by atoms with Gasteiger partial charge >= 0.3 is 12.1 Å². The van der Waals surface area contributed by atoms with Gasteiger partial charge in [0.05, 0.1) is 12.8 Å². The van der Waals surface area contributed by atoms with E-state index in [9.17, 15) is 18.0 Å². The lowest BCUT2D eigenvalue weighted by atomic mass is 10.1. The second-order valence-corrected chi connectivity index (χ2v) is 5.85. The Hall–Kier alpha value is -2.74. The van der Waals surface area contributed by atoms with Gasteiger partial charge in [0, 0.05) is 10.6 Å². The summed E-state index contributed by atoms with van der Waals surface area (Å²) in [5, 5.41) is 4.07. The zero-order valence-electron chi connectivity index (χ0n) is 14.4. The van der Waals surface area contributed by atoms with Crippen LogP contribution in [-0.2, 0) is 11.4 Å². The molecule has 0 spiro atoms. The summed E-state index contributed by atoms with van der Waals surface area (Å²) in [5.41, 5.74) is 3.01. The van der Waals surface area contributed by atoms with Crippen LogP contribution in [0.4, 0.5) is 13.2 Å². The number of amides is 1. The van der Waals surface area contributed by atoms with Gasteiger partial charge in [-0.25, -0.2) is 5.43 Å². The van der Waals surface area contributed by atoms with Crippen molar-refractivity contribution < 1.29 is 27.4 Å². The van der Waals surface area contributed by atoms with Crippen LogP contribution in [-0.4, -0.2) is 24.9 Å². The molecular formula is C18H16ClF3N2O3. The average molecular weight is 401 g/mol. The second kappa shape index (κ2) is 8.77. The van der Waals surface area contributed by atoms with Gasteiger partial charge < -0.3 is 9.47 Å². The molecule has 0 aliphatic rings. The Kier molecular flexibility index (Phi) is 6.68. The molecule has 0 aliphatic carbocycles. The molecule has 0 fully saturated rings. The third-order valence-corrected chi connectivity index (χ3v) is 3.72. The summed E-state index contributed by atoms with van der Waals surface area (Å²) in [6.45, 7) is 1.74. The molecule has 0 unspecified atom stereocenters. The molecule has 0 saturated carbocycles. The average Bonchev–Trinajstić information content (AvgIpc) is 2.64. The monoisotopic (exact) mass is 400 g/mol. The van der Waals surface area contributed by atoms with Gasteiger partial charge in [-0.1, -0.05) is 23.7 Å². The summed E-state index contributed by atoms with van der Waals surface area (Å²) in [4.78, 5) is 10.8. The van der Waals surface area contributed by atoms with Crippen LogP contribution in [0.5, 0.6) is 11.5 Å². The molecule has 2 rings (SSSR count). The fourth-order valence-electron chi connectivity index (χ4n) is 2.02. The van der Waals surface area contributed by atoms with E-state index in [1.54, 1.807) is 30.3 Å². The van der Waals surface area contributed by atoms with E-state index in [0.717, 1.165) is 5.56 Å². The predicted molar refractivity (Wildman–Crippen MR) is 95.2 cm³/mol. The predicted octanol–water partition coefficient (Wildman–Crippen LogP) is 4.33. The van der Waals surface area contributed by atoms with Crippen LogP contribution < -0.4 is 14.9 Å². The first-order valence-corrected chi connectivity index (χ1v) is 8.05. The Morgan fingerprint density at radius 2 is 1.81 bits per heavy atom. The molecule has 0 heterocycles. The number of nitrogens with one attached hydrogen (secondary N) is 1. The van der Waals surface area contributed by atoms with E-state index in [0.29, 0.717) is 22.1 Å². The van der Waals surface area contributed by atoms with Gasteiger partial charge in [-0.15, -0.1) is 0 Å². The van der Waals surface area contributed by atoms with Crippen LogP contribution in [0.2, 0.25) is 5.02 Å². The number of carbonyl (C=O) groups excluding carboxylic acids is 1. The van der Waals surface area contributed by atoms with Crippen LogP contribution in [0, 0.1) is 0 Å². The maximum Gasteiger partial charge on any atom is 0.473 e. The van der Waals surface area contributed by atoms with Crippen LogP contribution in [0.15, 0.2) is 47.6 Å². The van der Waals surface area contributed by atoms with Crippen molar-refractivity contribution in [1.29, 1.82) is 0 Å². The lowest BCUT2D eigenvalue weighted by Crippen LogP contribution is -2.34. The number of carbonyl (C=O) groups is 1. The normalized spacial score (nSPS) is 11.9. The minimum atomic E-state index is -5.00. The molecule has 5 nitrogen and oxygen atoms in total. The Balaban J connectivity index is 2.10. The van der Waals surface area contributed by atoms with E-state index < -0.39 is 12.1 Å². The Morgan fingerprint density at radius 3 is 2.41 bits per heavy atom. The molecule has 0 atom stereocenters. The third-order valence-electron chi connectivity index (χ3n) is 3.47. The first-order valence-electron chi connectivity index (χ1n) is 7.68. The lowest BCUT2D eigenvalue weighted by molar-refractivity contribution is -0.173. The van der Waals surface area contributed by atoms with Crippen molar-refractivity contribution >= 4 is 23.2 Å². The summed E-state index contributed by atoms with van der Waals surface area (Å²) < 4.78 is 47.5. The van der Waals surface area contributed by atoms with Crippen molar-refractivity contribution in [2.45, 2.75) is 19.7 Å². The first-order chi connectivity index (χ1) is 12.7. The molecule has 27 heavy (non-hydrogen) atoms. The Labute approximate surface area is 158 Å². The van der Waals surface area contributed by atoms with Crippen LogP contribution in [0.1, 0.15) is 18.1 Å². The molecule has 2 aromatic rings. The van der Waals surface area contributed by atoms with Crippen molar-refractivity contribution in [1.82, 2.24) is 5.43 Å². The van der Waals surface area contributed by atoms with Gasteiger partial charge in [0.25, 0.3) is 0 Å². The number of hydrogen-bond acceptors (Lipinski definition) is 4. The quantitative estimate of drug-likeness (QED) is 0.580. The molecule has 1 amide bonds. The summed E-state index contributed by atoms with van der Waals surface area (Å²) >= 11 is 5.83. The Morgan fingerprint density at radius 1 is 1.15 bits per heavy atom. The van der Waals surface area contributed by atoms with E-state index in [1.807, 2.05) is 12.1 Å². The zero-order chi connectivity index (χ0) is 20.0. The summed E-state index contributed by atoms with van der Waals surface area (Å²) in [7, 11) is 1.44. The molecule has 0 aliphatic heterocycles. The van der Waals surface area contributed by atoms with Crippen molar-refractivity contribution in [3.63, 3.8) is 0 Å². The van der Waals surface area contributed by atoms with Crippen molar-refractivity contribution in [2.24, 2.45) is 5.10 Å². The van der Waals surface area contributed by atoms with Crippen LogP contribution >= 0.6 is 11.6 Å². The highest BCUT2D eigenvalue weighted by atomic mass is 35.5. The van der Waals surface area contributed by atoms with Gasteiger partial charge in [-0.2, -0.15) is 18.3 Å². The number of ether oxygens (including phenoxy) is 2. The maximum absolute atomic E-state index is 12.2. The zero-order valence-corrected chi connectivity index (χ0v) is 15.2. The molecular weight excluding hydrogens is 385 g/mol. The van der Waals surface area contributed by atoms with Crippen LogP contribution in [0.3, 0.4) is 0 Å². The fraction of sp³-hybridized carbons (Fsp3) is 0.222. The van der Waals surface area contributed by atoms with E-state index in [1.165, 1.54) is 19.5 Å².